The molecule has 0 bridgehead atoms. The van der Waals surface area contributed by atoms with Crippen LogP contribution in [0.4, 0.5) is 24.5 Å². The molecule has 2 aromatic carbocycles. The molecule has 0 unspecified atom stereocenters. The standard InChI is InChI=1S/C44H58ClF3N8O5S/c1-42(2)40(43(3,4)41(42)61-37-12-9-33(29-49)38(45)28-37)52-39(57)32-7-10-35(11-8-32)54-17-15-53(16-18-54)23-25-60-24-5-13-50-14-6-26-62(58,59)56-21-19-55(20-22-56)36-27-34(30-51-31-36)44(46,47)48/h7-12,27-28,30-31,40-41,50H,5-6,13-26H2,1-4H3,(H,52,57). The largest absolute Gasteiger partial charge is 0.489 e. The number of pyridine rings is 1. The van der Waals surface area contributed by atoms with Crippen molar-refractivity contribution in [2.45, 2.75) is 58.9 Å². The fourth-order valence-corrected chi connectivity index (χ4v) is 10.8. The third-order valence-electron chi connectivity index (χ3n) is 12.3. The van der Waals surface area contributed by atoms with Crippen molar-refractivity contribution in [3.8, 4) is 11.8 Å². The van der Waals surface area contributed by atoms with E-state index in [1.807, 2.05) is 24.3 Å². The van der Waals surface area contributed by atoms with Crippen LogP contribution in [-0.4, -0.2) is 132 Å². The van der Waals surface area contributed by atoms with Crippen molar-refractivity contribution in [2.75, 3.05) is 101 Å². The molecule has 0 atom stereocenters. The highest BCUT2D eigenvalue weighted by molar-refractivity contribution is 7.89. The summed E-state index contributed by atoms with van der Waals surface area (Å²) in [6, 6.07) is 15.8. The average molecular weight is 904 g/mol. The second kappa shape index (κ2) is 20.1. The van der Waals surface area contributed by atoms with Crippen LogP contribution in [0.25, 0.3) is 0 Å². The number of nitrogens with one attached hydrogen (secondary N) is 2. The molecule has 6 rings (SSSR count). The smallest absolute Gasteiger partial charge is 0.417 e. The third-order valence-corrected chi connectivity index (χ3v) is 14.6. The van der Waals surface area contributed by atoms with Gasteiger partial charge in [0.2, 0.25) is 10.0 Å². The Morgan fingerprint density at radius 3 is 2.18 bits per heavy atom. The van der Waals surface area contributed by atoms with E-state index in [2.05, 4.69) is 59.2 Å². The predicted molar refractivity (Wildman–Crippen MR) is 234 cm³/mol. The van der Waals surface area contributed by atoms with Gasteiger partial charge in [-0.2, -0.15) is 22.7 Å². The van der Waals surface area contributed by atoms with E-state index in [1.54, 1.807) is 23.1 Å². The number of benzene rings is 2. The van der Waals surface area contributed by atoms with E-state index in [9.17, 15) is 31.6 Å². The molecule has 1 saturated carbocycles. The Hall–Kier alpha value is -4.18. The lowest BCUT2D eigenvalue weighted by Gasteiger charge is -2.63. The van der Waals surface area contributed by atoms with Gasteiger partial charge in [0.1, 0.15) is 17.9 Å². The van der Waals surface area contributed by atoms with Crippen molar-refractivity contribution < 1.29 is 35.9 Å². The first-order valence-corrected chi connectivity index (χ1v) is 23.2. The zero-order chi connectivity index (χ0) is 44.7. The van der Waals surface area contributed by atoms with Gasteiger partial charge in [-0.15, -0.1) is 0 Å². The molecule has 3 aliphatic rings. The Bertz CT molecular complexity index is 2120. The molecule has 1 aromatic heterocycles. The SMILES string of the molecule is CC1(C)C(NC(=O)c2ccc(N3CCN(CCOCCCNCCCS(=O)(=O)N4CCN(c5cncc(C(F)(F)F)c5)CC4)CC3)cc2)C(C)(C)C1Oc1ccc(C#N)c(Cl)c1. The normalized spacial score (nSPS) is 20.6. The number of hydrogen-bond acceptors (Lipinski definition) is 11. The van der Waals surface area contributed by atoms with Gasteiger partial charge < -0.3 is 29.9 Å². The monoisotopic (exact) mass is 902 g/mol. The minimum absolute atomic E-state index is 0.00722. The molecular formula is C44H58ClF3N8O5S. The first kappa shape index (κ1) is 47.3. The number of halogens is 4. The van der Waals surface area contributed by atoms with Gasteiger partial charge in [-0.25, -0.2) is 8.42 Å². The van der Waals surface area contributed by atoms with Gasteiger partial charge >= 0.3 is 6.18 Å². The highest BCUT2D eigenvalue weighted by atomic mass is 35.5. The van der Waals surface area contributed by atoms with E-state index < -0.39 is 21.8 Å². The van der Waals surface area contributed by atoms with Crippen molar-refractivity contribution in [3.63, 3.8) is 0 Å². The number of rotatable bonds is 18. The Morgan fingerprint density at radius 2 is 1.53 bits per heavy atom. The zero-order valence-electron chi connectivity index (χ0n) is 35.9. The zero-order valence-corrected chi connectivity index (χ0v) is 37.5. The number of sulfonamides is 1. The highest BCUT2D eigenvalue weighted by Crippen LogP contribution is 2.55. The van der Waals surface area contributed by atoms with Crippen LogP contribution in [-0.2, 0) is 20.9 Å². The summed E-state index contributed by atoms with van der Waals surface area (Å²) >= 11 is 6.24. The van der Waals surface area contributed by atoms with Gasteiger partial charge in [-0.3, -0.25) is 14.7 Å². The number of piperazine rings is 2. The number of nitrogens with zero attached hydrogens (tertiary/aromatic N) is 6. The lowest BCUT2D eigenvalue weighted by atomic mass is 9.49. The molecule has 13 nitrogen and oxygen atoms in total. The number of hydrogen-bond donors (Lipinski definition) is 2. The van der Waals surface area contributed by atoms with Crippen molar-refractivity contribution in [2.24, 2.45) is 10.8 Å². The Balaban J connectivity index is 0.805. The highest BCUT2D eigenvalue weighted by Gasteiger charge is 2.64. The van der Waals surface area contributed by atoms with Crippen LogP contribution in [0.2, 0.25) is 5.02 Å². The summed E-state index contributed by atoms with van der Waals surface area (Å²) in [4.78, 5) is 23.6. The first-order valence-electron chi connectivity index (χ1n) is 21.2. The molecule has 62 heavy (non-hydrogen) atoms. The molecule has 18 heteroatoms. The van der Waals surface area contributed by atoms with Gasteiger partial charge in [0.05, 0.1) is 40.4 Å². The molecule has 2 N–H and O–H groups in total. The summed E-state index contributed by atoms with van der Waals surface area (Å²) in [6.45, 7) is 16.3. The number of alkyl halides is 3. The molecular weight excluding hydrogens is 845 g/mol. The maximum absolute atomic E-state index is 13.4. The molecule has 2 aliphatic heterocycles. The van der Waals surface area contributed by atoms with Crippen LogP contribution in [0.15, 0.2) is 60.9 Å². The number of carbonyl (C=O) groups is 1. The van der Waals surface area contributed by atoms with E-state index in [-0.39, 0.29) is 47.7 Å². The fraction of sp³-hybridized carbons (Fsp3) is 0.568. The van der Waals surface area contributed by atoms with Gasteiger partial charge in [-0.05, 0) is 68.4 Å². The molecule has 3 heterocycles. The maximum atomic E-state index is 13.4. The van der Waals surface area contributed by atoms with Crippen LogP contribution >= 0.6 is 11.6 Å². The fourth-order valence-electron chi connectivity index (χ4n) is 9.07. The van der Waals surface area contributed by atoms with E-state index in [4.69, 9.17) is 21.1 Å². The van der Waals surface area contributed by atoms with Crippen LogP contribution < -0.4 is 25.2 Å². The maximum Gasteiger partial charge on any atom is 0.417 e. The summed E-state index contributed by atoms with van der Waals surface area (Å²) in [5.41, 5.74) is 0.873. The topological polar surface area (TPSA) is 143 Å². The van der Waals surface area contributed by atoms with E-state index >= 15 is 0 Å². The molecule has 3 fully saturated rings. The molecule has 1 amide bonds. The molecule has 2 saturated heterocycles. The quantitative estimate of drug-likeness (QED) is 0.148. The minimum atomic E-state index is -4.49. The second-order valence-corrected chi connectivity index (χ2v) is 19.9. The number of anilines is 2. The number of nitriles is 1. The van der Waals surface area contributed by atoms with Crippen LogP contribution in [0, 0.1) is 22.2 Å². The van der Waals surface area contributed by atoms with Crippen molar-refractivity contribution in [1.29, 1.82) is 5.26 Å². The van der Waals surface area contributed by atoms with Crippen LogP contribution in [0.5, 0.6) is 5.75 Å². The summed E-state index contributed by atoms with van der Waals surface area (Å²) < 4.78 is 78.7. The summed E-state index contributed by atoms with van der Waals surface area (Å²) in [5.74, 6) is 0.472. The van der Waals surface area contributed by atoms with Crippen molar-refractivity contribution in [1.82, 2.24) is 24.8 Å². The van der Waals surface area contributed by atoms with Gasteiger partial charge in [-0.1, -0.05) is 39.3 Å². The Morgan fingerprint density at radius 1 is 0.887 bits per heavy atom. The predicted octanol–water partition coefficient (Wildman–Crippen LogP) is 5.90. The lowest BCUT2D eigenvalue weighted by Crippen LogP contribution is -2.74. The van der Waals surface area contributed by atoms with Gasteiger partial charge in [0.25, 0.3) is 5.91 Å². The third kappa shape index (κ3) is 11.5. The Labute approximate surface area is 368 Å². The number of aromatic nitrogens is 1. The Kier molecular flexibility index (Phi) is 15.3. The average Bonchev–Trinajstić information content (AvgIpc) is 3.25. The van der Waals surface area contributed by atoms with E-state index in [0.717, 1.165) is 57.1 Å². The second-order valence-electron chi connectivity index (χ2n) is 17.4. The first-order chi connectivity index (χ1) is 29.4. The van der Waals surface area contributed by atoms with Crippen molar-refractivity contribution >= 4 is 38.9 Å². The van der Waals surface area contributed by atoms with Gasteiger partial charge in [0.15, 0.2) is 0 Å². The molecule has 0 radical (unpaired) electrons. The van der Waals surface area contributed by atoms with Gasteiger partial charge in [0, 0.05) is 106 Å². The van der Waals surface area contributed by atoms with E-state index in [0.29, 0.717) is 73.4 Å². The minimum Gasteiger partial charge on any atom is -0.489 e. The summed E-state index contributed by atoms with van der Waals surface area (Å²) in [6.07, 6.45) is -1.25. The summed E-state index contributed by atoms with van der Waals surface area (Å²) in [7, 11) is -3.47. The van der Waals surface area contributed by atoms with Crippen LogP contribution in [0.3, 0.4) is 0 Å². The molecule has 3 aromatic rings. The summed E-state index contributed by atoms with van der Waals surface area (Å²) in [5, 5.41) is 16.1. The van der Waals surface area contributed by atoms with Crippen LogP contribution in [0.1, 0.15) is 62.0 Å². The molecule has 338 valence electrons. The lowest BCUT2D eigenvalue weighted by molar-refractivity contribution is -0.164. The number of ether oxygens (including phenoxy) is 2. The number of carbonyl (C=O) groups excluding carboxylic acids is 1. The molecule has 1 aliphatic carbocycles. The van der Waals surface area contributed by atoms with E-state index in [1.165, 1.54) is 10.5 Å². The van der Waals surface area contributed by atoms with Crippen molar-refractivity contribution in [3.05, 3.63) is 82.6 Å². The molecule has 0 spiro atoms. The number of amides is 1.